The van der Waals surface area contributed by atoms with Crippen LogP contribution in [0.1, 0.15) is 24.1 Å². The zero-order valence-corrected chi connectivity index (χ0v) is 13.9. The van der Waals surface area contributed by atoms with Crippen LogP contribution in [0.5, 0.6) is 0 Å². The third-order valence-electron chi connectivity index (χ3n) is 2.53. The van der Waals surface area contributed by atoms with Crippen molar-refractivity contribution >= 4 is 11.9 Å². The fourth-order valence-corrected chi connectivity index (χ4v) is 1.76. The summed E-state index contributed by atoms with van der Waals surface area (Å²) < 4.78 is 4.72. The Morgan fingerprint density at radius 2 is 2.00 bits per heavy atom. The predicted octanol–water partition coefficient (Wildman–Crippen LogP) is -2.68. The molecule has 0 bridgehead atoms. The van der Waals surface area contributed by atoms with Crippen LogP contribution >= 0.6 is 0 Å². The van der Waals surface area contributed by atoms with E-state index in [1.807, 2.05) is 0 Å². The number of esters is 1. The van der Waals surface area contributed by atoms with Gasteiger partial charge in [-0.15, -0.1) is 0 Å². The average molecular weight is 285 g/mol. The van der Waals surface area contributed by atoms with E-state index in [0.717, 1.165) is 0 Å². The Hall–Kier alpha value is -1.30. The predicted molar refractivity (Wildman–Crippen MR) is 67.9 cm³/mol. The van der Waals surface area contributed by atoms with Crippen molar-refractivity contribution in [1.82, 2.24) is 5.32 Å². The second kappa shape index (κ2) is 8.79. The van der Waals surface area contributed by atoms with Crippen LogP contribution < -0.4 is 40.0 Å². The maximum absolute atomic E-state index is 11.8. The van der Waals surface area contributed by atoms with Gasteiger partial charge >= 0.3 is 35.5 Å². The largest absolute Gasteiger partial charge is 1.00 e. The molecule has 20 heavy (non-hydrogen) atoms. The number of hydrogen-bond donors (Lipinski definition) is 1. The van der Waals surface area contributed by atoms with Crippen molar-refractivity contribution in [2.75, 3.05) is 7.11 Å². The van der Waals surface area contributed by atoms with Gasteiger partial charge in [-0.25, -0.2) is 4.79 Å². The van der Waals surface area contributed by atoms with Crippen LogP contribution in [-0.2, 0) is 20.7 Å². The summed E-state index contributed by atoms with van der Waals surface area (Å²) in [6, 6.07) is 5.97. The minimum absolute atomic E-state index is 0. The number of benzene rings is 1. The number of carbonyl (C=O) groups is 2. The molecule has 102 valence electrons. The summed E-state index contributed by atoms with van der Waals surface area (Å²) in [5, 5.41) is 13.6. The van der Waals surface area contributed by atoms with Gasteiger partial charge in [0, 0.05) is 18.1 Å². The van der Waals surface area contributed by atoms with E-state index in [0.29, 0.717) is 16.8 Å². The van der Waals surface area contributed by atoms with E-state index in [1.54, 1.807) is 31.2 Å². The molecular formula is C14H16NNaO4. The van der Waals surface area contributed by atoms with Crippen molar-refractivity contribution in [3.63, 3.8) is 0 Å². The molecule has 0 spiro atoms. The Morgan fingerprint density at radius 3 is 2.50 bits per heavy atom. The van der Waals surface area contributed by atoms with Crippen molar-refractivity contribution in [1.29, 1.82) is 0 Å². The summed E-state index contributed by atoms with van der Waals surface area (Å²) in [5.41, 5.74) is 1.63. The monoisotopic (exact) mass is 285 g/mol. The van der Waals surface area contributed by atoms with Gasteiger partial charge in [0.2, 0.25) is 0 Å². The molecular weight excluding hydrogens is 269 g/mol. The number of nitrogens with one attached hydrogen (secondary N) is 1. The Bertz CT molecular complexity index is 502. The molecule has 0 radical (unpaired) electrons. The summed E-state index contributed by atoms with van der Waals surface area (Å²) in [5.74, 6) is -1.71. The fourth-order valence-electron chi connectivity index (χ4n) is 1.76. The average Bonchev–Trinajstić information content (AvgIpc) is 2.35. The molecule has 0 amide bonds. The van der Waals surface area contributed by atoms with Gasteiger partial charge in [-0.3, -0.25) is 0 Å². The molecule has 0 fully saturated rings. The molecule has 0 saturated carbocycles. The first kappa shape index (κ1) is 18.7. The zero-order valence-electron chi connectivity index (χ0n) is 11.9. The van der Waals surface area contributed by atoms with Crippen molar-refractivity contribution in [3.05, 3.63) is 47.7 Å². The van der Waals surface area contributed by atoms with Crippen molar-refractivity contribution < 1.29 is 49.0 Å². The van der Waals surface area contributed by atoms with Crippen LogP contribution in [0.2, 0.25) is 0 Å². The minimum atomic E-state index is -1.20. The number of carboxylic acids is 1. The van der Waals surface area contributed by atoms with Gasteiger partial charge in [-0.05, 0) is 18.1 Å². The third kappa shape index (κ3) is 5.36. The van der Waals surface area contributed by atoms with Gasteiger partial charge in [0.25, 0.3) is 0 Å². The Kier molecular flexibility index (Phi) is 8.22. The molecule has 1 aromatic carbocycles. The van der Waals surface area contributed by atoms with E-state index in [-0.39, 0.29) is 36.0 Å². The summed E-state index contributed by atoms with van der Waals surface area (Å²) in [6.45, 7) is 5.39. The van der Waals surface area contributed by atoms with Gasteiger partial charge < -0.3 is 20.0 Å². The third-order valence-corrected chi connectivity index (χ3v) is 2.53. The summed E-state index contributed by atoms with van der Waals surface area (Å²) in [6.07, 6.45) is -0.262. The Morgan fingerprint density at radius 1 is 1.40 bits per heavy atom. The number of allylic oxidation sites excluding steroid dienone is 1. The molecule has 1 N–H and O–H groups in total. The summed E-state index contributed by atoms with van der Waals surface area (Å²) in [7, 11) is 1.27. The standard InChI is InChI=1S/C14H17NO4.Na/c1-9(2)15-13(14(18)19-3)11-7-5-4-6-10(11)8-12(16)17;/h4-7,13,15H,1,8H2,2-3H3,(H,16,17);/q;+1/p-1. The maximum atomic E-state index is 11.8. The Labute approximate surface area is 140 Å². The molecule has 0 heterocycles. The second-order valence-electron chi connectivity index (χ2n) is 4.13. The number of aliphatic carboxylic acids is 1. The van der Waals surface area contributed by atoms with Crippen LogP contribution in [0.4, 0.5) is 0 Å². The number of carbonyl (C=O) groups excluding carboxylic acids is 2. The molecule has 1 unspecified atom stereocenters. The molecule has 0 aliphatic carbocycles. The van der Waals surface area contributed by atoms with Crippen LogP contribution in [0.3, 0.4) is 0 Å². The first-order chi connectivity index (χ1) is 8.95. The zero-order chi connectivity index (χ0) is 14.4. The van der Waals surface area contributed by atoms with E-state index in [4.69, 9.17) is 4.74 Å². The molecule has 1 aromatic rings. The van der Waals surface area contributed by atoms with E-state index < -0.39 is 18.0 Å². The molecule has 1 rings (SSSR count). The SMILES string of the molecule is C=C(C)NC(C(=O)OC)c1ccccc1CC(=O)[O-].[Na+]. The number of rotatable bonds is 6. The molecule has 0 aliphatic rings. The smallest absolute Gasteiger partial charge is 0.550 e. The Balaban J connectivity index is 0.00000361. The molecule has 1 atom stereocenters. The first-order valence-corrected chi connectivity index (χ1v) is 5.73. The number of hydrogen-bond acceptors (Lipinski definition) is 5. The quantitative estimate of drug-likeness (QED) is 0.455. The van der Waals surface area contributed by atoms with E-state index >= 15 is 0 Å². The number of methoxy groups -OCH3 is 1. The van der Waals surface area contributed by atoms with Gasteiger partial charge in [-0.2, -0.15) is 0 Å². The number of carboxylic acid groups (broad SMARTS) is 1. The van der Waals surface area contributed by atoms with Gasteiger partial charge in [0.05, 0.1) is 7.11 Å². The normalized spacial score (nSPS) is 10.9. The van der Waals surface area contributed by atoms with E-state index in [2.05, 4.69) is 11.9 Å². The molecule has 0 saturated heterocycles. The van der Waals surface area contributed by atoms with Crippen LogP contribution in [0.15, 0.2) is 36.5 Å². The van der Waals surface area contributed by atoms with Crippen LogP contribution in [0.25, 0.3) is 0 Å². The summed E-state index contributed by atoms with van der Waals surface area (Å²) in [4.78, 5) is 22.5. The number of ether oxygens (including phenoxy) is 1. The van der Waals surface area contributed by atoms with Crippen LogP contribution in [-0.4, -0.2) is 19.0 Å². The molecule has 6 heteroatoms. The van der Waals surface area contributed by atoms with Crippen LogP contribution in [0, 0.1) is 0 Å². The molecule has 5 nitrogen and oxygen atoms in total. The van der Waals surface area contributed by atoms with Gasteiger partial charge in [0.15, 0.2) is 6.04 Å². The van der Waals surface area contributed by atoms with Crippen molar-refractivity contribution in [2.45, 2.75) is 19.4 Å². The van der Waals surface area contributed by atoms with Gasteiger partial charge in [-0.1, -0.05) is 30.8 Å². The molecule has 0 aliphatic heterocycles. The fraction of sp³-hybridized carbons (Fsp3) is 0.286. The minimum Gasteiger partial charge on any atom is -0.550 e. The summed E-state index contributed by atoms with van der Waals surface area (Å²) >= 11 is 0. The first-order valence-electron chi connectivity index (χ1n) is 5.73. The van der Waals surface area contributed by atoms with Crippen molar-refractivity contribution in [3.8, 4) is 0 Å². The van der Waals surface area contributed by atoms with Gasteiger partial charge in [0.1, 0.15) is 0 Å². The maximum Gasteiger partial charge on any atom is 1.00 e. The van der Waals surface area contributed by atoms with Crippen molar-refractivity contribution in [2.24, 2.45) is 0 Å². The topological polar surface area (TPSA) is 78.5 Å². The van der Waals surface area contributed by atoms with E-state index in [9.17, 15) is 14.7 Å². The van der Waals surface area contributed by atoms with E-state index in [1.165, 1.54) is 7.11 Å². The molecule has 0 aromatic heterocycles. The second-order valence-corrected chi connectivity index (χ2v) is 4.13.